The predicted octanol–water partition coefficient (Wildman–Crippen LogP) is 6.86. The summed E-state index contributed by atoms with van der Waals surface area (Å²) >= 11 is 0. The molecule has 0 amide bonds. The van der Waals surface area contributed by atoms with Gasteiger partial charge < -0.3 is 14.0 Å². The number of methoxy groups -OCH3 is 1. The topological polar surface area (TPSA) is 78.9 Å². The standard InChI is InChI=1S/C30H33N3O4/c1-7-32-28-12-8-22(15-26(28)27-16-23(33(34)35)9-13-29(27)32)30(31-17-19(2)3)25-11-10-24(14-20(25)4)37-21(5)18-36-6/h8-16,21H,2,7,17-18H2,1,3-6H3. The van der Waals surface area contributed by atoms with Gasteiger partial charge in [-0.05, 0) is 69.7 Å². The number of aliphatic imine (C=N–C) groups is 1. The van der Waals surface area contributed by atoms with Crippen molar-refractivity contribution in [3.63, 3.8) is 0 Å². The summed E-state index contributed by atoms with van der Waals surface area (Å²) < 4.78 is 13.4. The van der Waals surface area contributed by atoms with Crippen LogP contribution in [0, 0.1) is 17.0 Å². The lowest BCUT2D eigenvalue weighted by Gasteiger charge is -2.16. The first kappa shape index (κ1) is 26.1. The van der Waals surface area contributed by atoms with Crippen LogP contribution in [0.4, 0.5) is 5.69 Å². The SMILES string of the molecule is C=C(C)CN=C(c1ccc2c(c1)c1cc([N+](=O)[O-])ccc1n2CC)c1ccc(OC(C)COC)cc1C. The molecule has 4 rings (SSSR count). The van der Waals surface area contributed by atoms with Crippen LogP contribution in [0.2, 0.25) is 0 Å². The van der Waals surface area contributed by atoms with Gasteiger partial charge in [0.05, 0.1) is 23.8 Å². The zero-order valence-electron chi connectivity index (χ0n) is 22.1. The molecule has 0 bridgehead atoms. The van der Waals surface area contributed by atoms with E-state index in [-0.39, 0.29) is 16.7 Å². The van der Waals surface area contributed by atoms with Gasteiger partial charge in [-0.15, -0.1) is 0 Å². The van der Waals surface area contributed by atoms with Gasteiger partial charge in [-0.25, -0.2) is 0 Å². The van der Waals surface area contributed by atoms with Crippen molar-refractivity contribution in [2.45, 2.75) is 40.3 Å². The zero-order chi connectivity index (χ0) is 26.7. The van der Waals surface area contributed by atoms with Crippen LogP contribution in [0.3, 0.4) is 0 Å². The third-order valence-electron chi connectivity index (χ3n) is 6.35. The first-order chi connectivity index (χ1) is 17.7. The molecule has 0 fully saturated rings. The lowest BCUT2D eigenvalue weighted by atomic mass is 9.96. The van der Waals surface area contributed by atoms with Gasteiger partial charge in [0, 0.05) is 58.7 Å². The van der Waals surface area contributed by atoms with Crippen LogP contribution < -0.4 is 4.74 Å². The number of fused-ring (bicyclic) bond motifs is 3. The summed E-state index contributed by atoms with van der Waals surface area (Å²) in [5, 5.41) is 13.3. The van der Waals surface area contributed by atoms with Crippen LogP contribution in [0.1, 0.15) is 37.5 Å². The Morgan fingerprint density at radius 2 is 1.81 bits per heavy atom. The molecule has 37 heavy (non-hydrogen) atoms. The third-order valence-corrected chi connectivity index (χ3v) is 6.35. The van der Waals surface area contributed by atoms with Gasteiger partial charge in [-0.2, -0.15) is 0 Å². The molecule has 3 aromatic carbocycles. The maximum Gasteiger partial charge on any atom is 0.270 e. The fourth-order valence-electron chi connectivity index (χ4n) is 4.72. The average molecular weight is 500 g/mol. The number of ether oxygens (including phenoxy) is 2. The molecule has 0 spiro atoms. The van der Waals surface area contributed by atoms with Crippen LogP contribution in [0.15, 0.2) is 71.7 Å². The van der Waals surface area contributed by atoms with Gasteiger partial charge in [0.1, 0.15) is 11.9 Å². The van der Waals surface area contributed by atoms with E-state index < -0.39 is 0 Å². The number of nitro benzene ring substituents is 1. The van der Waals surface area contributed by atoms with E-state index in [4.69, 9.17) is 14.5 Å². The smallest absolute Gasteiger partial charge is 0.270 e. The second-order valence-corrected chi connectivity index (χ2v) is 9.42. The minimum atomic E-state index is -0.349. The summed E-state index contributed by atoms with van der Waals surface area (Å²) in [7, 11) is 1.66. The normalized spacial score (nSPS) is 12.7. The maximum atomic E-state index is 11.5. The second kappa shape index (κ2) is 11.0. The Balaban J connectivity index is 1.86. The Kier molecular flexibility index (Phi) is 7.74. The summed E-state index contributed by atoms with van der Waals surface area (Å²) in [6.07, 6.45) is -0.0610. The molecule has 0 radical (unpaired) electrons. The molecule has 0 aliphatic rings. The van der Waals surface area contributed by atoms with Crippen LogP contribution >= 0.6 is 0 Å². The first-order valence-electron chi connectivity index (χ1n) is 12.4. The van der Waals surface area contributed by atoms with E-state index in [1.807, 2.05) is 45.0 Å². The van der Waals surface area contributed by atoms with Gasteiger partial charge >= 0.3 is 0 Å². The van der Waals surface area contributed by atoms with Crippen molar-refractivity contribution in [1.29, 1.82) is 0 Å². The van der Waals surface area contributed by atoms with Gasteiger partial charge in [0.25, 0.3) is 5.69 Å². The largest absolute Gasteiger partial charge is 0.488 e. The van der Waals surface area contributed by atoms with Crippen molar-refractivity contribution >= 4 is 33.2 Å². The van der Waals surface area contributed by atoms with Crippen molar-refractivity contribution in [3.05, 3.63) is 93.6 Å². The van der Waals surface area contributed by atoms with Crippen molar-refractivity contribution in [2.24, 2.45) is 4.99 Å². The number of nitro groups is 1. The highest BCUT2D eigenvalue weighted by Crippen LogP contribution is 2.33. The van der Waals surface area contributed by atoms with Crippen LogP contribution in [0.5, 0.6) is 5.75 Å². The van der Waals surface area contributed by atoms with E-state index in [0.29, 0.717) is 13.2 Å². The average Bonchev–Trinajstić information content (AvgIpc) is 3.17. The summed E-state index contributed by atoms with van der Waals surface area (Å²) in [5.41, 5.74) is 6.88. The molecule has 1 heterocycles. The predicted molar refractivity (Wildman–Crippen MR) is 150 cm³/mol. The van der Waals surface area contributed by atoms with Gasteiger partial charge in [-0.1, -0.05) is 18.2 Å². The molecule has 1 aromatic heterocycles. The summed E-state index contributed by atoms with van der Waals surface area (Å²) in [6, 6.07) is 17.3. The molecule has 0 saturated heterocycles. The molecule has 1 atom stereocenters. The summed E-state index contributed by atoms with van der Waals surface area (Å²) in [6.45, 7) is 13.8. The highest BCUT2D eigenvalue weighted by atomic mass is 16.6. The van der Waals surface area contributed by atoms with Crippen LogP contribution in [-0.2, 0) is 11.3 Å². The first-order valence-corrected chi connectivity index (χ1v) is 12.4. The van der Waals surface area contributed by atoms with Crippen molar-refractivity contribution in [2.75, 3.05) is 20.3 Å². The molecular formula is C30H33N3O4. The van der Waals surface area contributed by atoms with Crippen LogP contribution in [0.25, 0.3) is 21.8 Å². The molecule has 1 unspecified atom stereocenters. The quantitative estimate of drug-likeness (QED) is 0.103. The van der Waals surface area contributed by atoms with Crippen molar-refractivity contribution in [1.82, 2.24) is 4.57 Å². The third kappa shape index (κ3) is 5.42. The lowest BCUT2D eigenvalue weighted by Crippen LogP contribution is -2.18. The van der Waals surface area contributed by atoms with Gasteiger partial charge in [0.2, 0.25) is 0 Å². The monoisotopic (exact) mass is 499 g/mol. The number of hydrogen-bond donors (Lipinski definition) is 0. The molecule has 0 saturated carbocycles. The van der Waals surface area contributed by atoms with Crippen molar-refractivity contribution in [3.8, 4) is 5.75 Å². The molecule has 4 aromatic rings. The Morgan fingerprint density at radius 1 is 1.11 bits per heavy atom. The van der Waals surface area contributed by atoms with E-state index >= 15 is 0 Å². The summed E-state index contributed by atoms with van der Waals surface area (Å²) in [4.78, 5) is 16.1. The zero-order valence-corrected chi connectivity index (χ0v) is 22.1. The van der Waals surface area contributed by atoms with E-state index in [1.54, 1.807) is 19.2 Å². The number of non-ortho nitro benzene ring substituents is 1. The number of benzene rings is 3. The molecule has 0 N–H and O–H groups in total. The molecule has 7 heteroatoms. The van der Waals surface area contributed by atoms with Gasteiger partial charge in [-0.3, -0.25) is 15.1 Å². The number of aryl methyl sites for hydroxylation is 2. The highest BCUT2D eigenvalue weighted by molar-refractivity contribution is 6.17. The number of aromatic nitrogens is 1. The number of rotatable bonds is 10. The van der Waals surface area contributed by atoms with Crippen molar-refractivity contribution < 1.29 is 14.4 Å². The maximum absolute atomic E-state index is 11.5. The fourth-order valence-corrected chi connectivity index (χ4v) is 4.72. The van der Waals surface area contributed by atoms with E-state index in [2.05, 4.69) is 36.3 Å². The Hall–Kier alpha value is -3.97. The molecule has 0 aliphatic carbocycles. The molecule has 192 valence electrons. The Labute approximate surface area is 217 Å². The van der Waals surface area contributed by atoms with Crippen LogP contribution in [-0.4, -0.2) is 41.6 Å². The van der Waals surface area contributed by atoms with E-state index in [1.165, 1.54) is 0 Å². The fraction of sp³-hybridized carbons (Fsp3) is 0.300. The Bertz CT molecular complexity index is 1520. The minimum absolute atomic E-state index is 0.0610. The molecule has 0 aliphatic heterocycles. The number of hydrogen-bond acceptors (Lipinski definition) is 5. The molecule has 7 nitrogen and oxygen atoms in total. The molecular weight excluding hydrogens is 466 g/mol. The minimum Gasteiger partial charge on any atom is -0.488 e. The highest BCUT2D eigenvalue weighted by Gasteiger charge is 2.17. The van der Waals surface area contributed by atoms with E-state index in [0.717, 1.165) is 62.1 Å². The lowest BCUT2D eigenvalue weighted by molar-refractivity contribution is -0.384. The Morgan fingerprint density at radius 3 is 2.43 bits per heavy atom. The second-order valence-electron chi connectivity index (χ2n) is 9.42. The number of nitrogens with zero attached hydrogens (tertiary/aromatic N) is 3. The van der Waals surface area contributed by atoms with E-state index in [9.17, 15) is 10.1 Å². The summed E-state index contributed by atoms with van der Waals surface area (Å²) in [5.74, 6) is 0.777. The van der Waals surface area contributed by atoms with Gasteiger partial charge in [0.15, 0.2) is 0 Å².